The molecule has 1 atom stereocenters. The first-order valence-corrected chi connectivity index (χ1v) is 8.67. The number of carbonyl (C=O) groups excluding carboxylic acids is 3. The number of amides is 2. The van der Waals surface area contributed by atoms with Crippen molar-refractivity contribution in [3.63, 3.8) is 0 Å². The van der Waals surface area contributed by atoms with E-state index >= 15 is 0 Å². The summed E-state index contributed by atoms with van der Waals surface area (Å²) in [7, 11) is 4.33. The molecule has 0 saturated carbocycles. The first kappa shape index (κ1) is 22.3. The lowest BCUT2D eigenvalue weighted by atomic mass is 10.1. The molecule has 0 aromatic heterocycles. The second-order valence-electron chi connectivity index (χ2n) is 6.08. The molecule has 0 bridgehead atoms. The molecular formula is C19H28N2O6. The molecule has 1 aromatic rings. The van der Waals surface area contributed by atoms with Gasteiger partial charge in [0.15, 0.2) is 11.5 Å². The molecule has 0 spiro atoms. The number of hydrogen-bond acceptors (Lipinski definition) is 6. The molecular weight excluding hydrogens is 352 g/mol. The molecule has 0 aliphatic carbocycles. The van der Waals surface area contributed by atoms with Crippen LogP contribution < -0.4 is 14.8 Å². The summed E-state index contributed by atoms with van der Waals surface area (Å²) < 4.78 is 15.2. The van der Waals surface area contributed by atoms with E-state index in [2.05, 4.69) is 5.32 Å². The number of ether oxygens (including phenoxy) is 3. The fourth-order valence-electron chi connectivity index (χ4n) is 2.57. The van der Waals surface area contributed by atoms with Gasteiger partial charge in [-0.3, -0.25) is 14.4 Å². The number of benzene rings is 1. The van der Waals surface area contributed by atoms with Crippen molar-refractivity contribution in [1.29, 1.82) is 0 Å². The Balaban J connectivity index is 2.96. The Morgan fingerprint density at radius 3 is 2.33 bits per heavy atom. The molecule has 0 radical (unpaired) electrons. The molecule has 8 nitrogen and oxygen atoms in total. The van der Waals surface area contributed by atoms with Crippen molar-refractivity contribution >= 4 is 17.8 Å². The predicted octanol–water partition coefficient (Wildman–Crippen LogP) is 1.48. The van der Waals surface area contributed by atoms with E-state index in [1.54, 1.807) is 30.0 Å². The van der Waals surface area contributed by atoms with Crippen molar-refractivity contribution in [3.8, 4) is 11.5 Å². The standard InChI is InChI=1S/C19H28N2O6/c1-13(19(24)27-5)12-21(10-6-9-20-14(2)22)18(23)15-7-8-16(25-3)17(11-15)26-4/h7-8,11,13H,6,9-10,12H2,1-5H3,(H,20,22). The van der Waals surface area contributed by atoms with Gasteiger partial charge in [0.05, 0.1) is 27.2 Å². The van der Waals surface area contributed by atoms with Crippen LogP contribution in [0.1, 0.15) is 30.6 Å². The third-order valence-corrected chi connectivity index (χ3v) is 3.99. The number of esters is 1. The fraction of sp³-hybridized carbons (Fsp3) is 0.526. The van der Waals surface area contributed by atoms with Crippen LogP contribution in [0.5, 0.6) is 11.5 Å². The lowest BCUT2D eigenvalue weighted by Crippen LogP contribution is -2.39. The second kappa shape index (κ2) is 11.1. The Labute approximate surface area is 159 Å². The van der Waals surface area contributed by atoms with Crippen LogP contribution in [0.15, 0.2) is 18.2 Å². The topological polar surface area (TPSA) is 94.2 Å². The van der Waals surface area contributed by atoms with Crippen molar-refractivity contribution in [1.82, 2.24) is 10.2 Å². The Morgan fingerprint density at radius 1 is 1.11 bits per heavy atom. The van der Waals surface area contributed by atoms with Gasteiger partial charge in [-0.1, -0.05) is 6.92 Å². The van der Waals surface area contributed by atoms with Crippen LogP contribution in [0.25, 0.3) is 0 Å². The van der Waals surface area contributed by atoms with E-state index in [1.165, 1.54) is 28.3 Å². The summed E-state index contributed by atoms with van der Waals surface area (Å²) in [6, 6.07) is 4.91. The summed E-state index contributed by atoms with van der Waals surface area (Å²) in [5, 5.41) is 2.70. The Morgan fingerprint density at radius 2 is 1.78 bits per heavy atom. The molecule has 1 aromatic carbocycles. The molecule has 2 amide bonds. The van der Waals surface area contributed by atoms with Gasteiger partial charge in [0, 0.05) is 32.1 Å². The second-order valence-corrected chi connectivity index (χ2v) is 6.08. The maximum Gasteiger partial charge on any atom is 0.310 e. The van der Waals surface area contributed by atoms with Crippen LogP contribution in [0.3, 0.4) is 0 Å². The van der Waals surface area contributed by atoms with Crippen LogP contribution in [0.4, 0.5) is 0 Å². The number of methoxy groups -OCH3 is 3. The minimum absolute atomic E-state index is 0.129. The molecule has 0 fully saturated rings. The highest BCUT2D eigenvalue weighted by molar-refractivity contribution is 5.95. The van der Waals surface area contributed by atoms with Gasteiger partial charge >= 0.3 is 5.97 Å². The number of nitrogens with one attached hydrogen (secondary N) is 1. The third kappa shape index (κ3) is 6.80. The fourth-order valence-corrected chi connectivity index (χ4v) is 2.57. The lowest BCUT2D eigenvalue weighted by molar-refractivity contribution is -0.145. The molecule has 0 aliphatic heterocycles. The van der Waals surface area contributed by atoms with E-state index in [0.717, 1.165) is 0 Å². The summed E-state index contributed by atoms with van der Waals surface area (Å²) >= 11 is 0. The first-order valence-electron chi connectivity index (χ1n) is 8.67. The van der Waals surface area contributed by atoms with Gasteiger partial charge in [-0.15, -0.1) is 0 Å². The Kier molecular flexibility index (Phi) is 9.12. The van der Waals surface area contributed by atoms with E-state index in [-0.39, 0.29) is 24.3 Å². The summed E-state index contributed by atoms with van der Waals surface area (Å²) in [6.07, 6.45) is 0.562. The van der Waals surface area contributed by atoms with Crippen molar-refractivity contribution < 1.29 is 28.6 Å². The van der Waals surface area contributed by atoms with Gasteiger partial charge in [0.25, 0.3) is 5.91 Å². The van der Waals surface area contributed by atoms with Crippen LogP contribution in [-0.2, 0) is 14.3 Å². The van der Waals surface area contributed by atoms with Crippen LogP contribution in [0, 0.1) is 5.92 Å². The van der Waals surface area contributed by atoms with Crippen molar-refractivity contribution in [2.45, 2.75) is 20.3 Å². The van der Waals surface area contributed by atoms with E-state index < -0.39 is 5.92 Å². The maximum atomic E-state index is 13.0. The number of nitrogens with zero attached hydrogens (tertiary/aromatic N) is 1. The zero-order valence-electron chi connectivity index (χ0n) is 16.5. The molecule has 1 rings (SSSR count). The molecule has 1 N–H and O–H groups in total. The van der Waals surface area contributed by atoms with Gasteiger partial charge in [-0.2, -0.15) is 0 Å². The molecule has 8 heteroatoms. The van der Waals surface area contributed by atoms with Crippen LogP contribution in [0.2, 0.25) is 0 Å². The molecule has 150 valence electrons. The van der Waals surface area contributed by atoms with Crippen molar-refractivity contribution in [3.05, 3.63) is 23.8 Å². The van der Waals surface area contributed by atoms with Crippen molar-refractivity contribution in [2.24, 2.45) is 5.92 Å². The molecule has 0 aliphatic rings. The van der Waals surface area contributed by atoms with E-state index in [4.69, 9.17) is 14.2 Å². The van der Waals surface area contributed by atoms with E-state index in [1.807, 2.05) is 0 Å². The largest absolute Gasteiger partial charge is 0.493 e. The maximum absolute atomic E-state index is 13.0. The van der Waals surface area contributed by atoms with Gasteiger partial charge in [0.1, 0.15) is 0 Å². The smallest absolute Gasteiger partial charge is 0.310 e. The summed E-state index contributed by atoms with van der Waals surface area (Å²) in [5.41, 5.74) is 0.421. The minimum Gasteiger partial charge on any atom is -0.493 e. The molecule has 1 unspecified atom stereocenters. The van der Waals surface area contributed by atoms with Crippen LogP contribution in [-0.4, -0.2) is 63.6 Å². The monoisotopic (exact) mass is 380 g/mol. The van der Waals surface area contributed by atoms with Gasteiger partial charge in [-0.25, -0.2) is 0 Å². The predicted molar refractivity (Wildman–Crippen MR) is 99.9 cm³/mol. The average Bonchev–Trinajstić information content (AvgIpc) is 2.67. The summed E-state index contributed by atoms with van der Waals surface area (Å²) in [5.74, 6) is -0.260. The highest BCUT2D eigenvalue weighted by atomic mass is 16.5. The third-order valence-electron chi connectivity index (χ3n) is 3.99. The molecule has 0 saturated heterocycles. The Bertz CT molecular complexity index is 662. The highest BCUT2D eigenvalue weighted by Crippen LogP contribution is 2.28. The van der Waals surface area contributed by atoms with Gasteiger partial charge in [-0.05, 0) is 24.6 Å². The Hall–Kier alpha value is -2.77. The van der Waals surface area contributed by atoms with E-state index in [9.17, 15) is 14.4 Å². The van der Waals surface area contributed by atoms with Crippen LogP contribution >= 0.6 is 0 Å². The number of carbonyl (C=O) groups is 3. The minimum atomic E-state index is -0.472. The highest BCUT2D eigenvalue weighted by Gasteiger charge is 2.23. The summed E-state index contributed by atoms with van der Waals surface area (Å²) in [6.45, 7) is 4.17. The lowest BCUT2D eigenvalue weighted by Gasteiger charge is -2.25. The molecule has 0 heterocycles. The van der Waals surface area contributed by atoms with Gasteiger partial charge in [0.2, 0.25) is 5.91 Å². The van der Waals surface area contributed by atoms with E-state index in [0.29, 0.717) is 36.6 Å². The zero-order chi connectivity index (χ0) is 20.4. The first-order chi connectivity index (χ1) is 12.8. The summed E-state index contributed by atoms with van der Waals surface area (Å²) in [4.78, 5) is 37.3. The van der Waals surface area contributed by atoms with Gasteiger partial charge < -0.3 is 24.4 Å². The SMILES string of the molecule is COC(=O)C(C)CN(CCCNC(C)=O)C(=O)c1ccc(OC)c(OC)c1. The number of rotatable bonds is 10. The number of hydrogen-bond donors (Lipinski definition) is 1. The van der Waals surface area contributed by atoms with Crippen molar-refractivity contribution in [2.75, 3.05) is 41.0 Å². The molecule has 27 heavy (non-hydrogen) atoms. The average molecular weight is 380 g/mol. The normalized spacial score (nSPS) is 11.3. The zero-order valence-corrected chi connectivity index (χ0v) is 16.5. The quantitative estimate of drug-likeness (QED) is 0.488.